The first-order chi connectivity index (χ1) is 9.81. The number of anilines is 1. The van der Waals surface area contributed by atoms with E-state index in [0.29, 0.717) is 23.3 Å². The lowest BCUT2D eigenvalue weighted by molar-refractivity contribution is -0.116. The predicted octanol–water partition coefficient (Wildman–Crippen LogP) is 2.22. The van der Waals surface area contributed by atoms with Crippen LogP contribution >= 0.6 is 22.7 Å². The molecule has 9 heteroatoms. The Morgan fingerprint density at radius 1 is 1.35 bits per heavy atom. The first kappa shape index (κ1) is 12.9. The summed E-state index contributed by atoms with van der Waals surface area (Å²) in [4.78, 5) is 11.7. The van der Waals surface area contributed by atoms with Gasteiger partial charge in [0.25, 0.3) is 0 Å². The molecule has 0 fully saturated rings. The Bertz CT molecular complexity index is 678. The summed E-state index contributed by atoms with van der Waals surface area (Å²) in [6.45, 7) is 0. The Morgan fingerprint density at radius 2 is 2.30 bits per heavy atom. The van der Waals surface area contributed by atoms with E-state index in [-0.39, 0.29) is 12.3 Å². The fourth-order valence-electron chi connectivity index (χ4n) is 1.49. The van der Waals surface area contributed by atoms with E-state index in [1.165, 1.54) is 11.3 Å². The fourth-order valence-corrected chi connectivity index (χ4v) is 2.58. The van der Waals surface area contributed by atoms with Crippen molar-refractivity contribution in [3.63, 3.8) is 0 Å². The number of amides is 1. The van der Waals surface area contributed by atoms with Crippen LogP contribution in [0.25, 0.3) is 11.5 Å². The van der Waals surface area contributed by atoms with Crippen molar-refractivity contribution in [2.24, 2.45) is 0 Å². The van der Waals surface area contributed by atoms with Gasteiger partial charge in [-0.25, -0.2) is 0 Å². The highest BCUT2D eigenvalue weighted by Crippen LogP contribution is 2.20. The topological polar surface area (TPSA) is 93.8 Å². The Balaban J connectivity index is 1.55. The summed E-state index contributed by atoms with van der Waals surface area (Å²) in [6, 6.07) is 1.91. The maximum Gasteiger partial charge on any atom is 0.248 e. The van der Waals surface area contributed by atoms with Crippen LogP contribution in [0.4, 0.5) is 5.13 Å². The molecule has 1 N–H and O–H groups in total. The van der Waals surface area contributed by atoms with Crippen molar-refractivity contribution in [3.05, 3.63) is 28.2 Å². The number of nitrogens with zero attached hydrogens (tertiary/aromatic N) is 4. The third-order valence-corrected chi connectivity index (χ3v) is 3.70. The smallest absolute Gasteiger partial charge is 0.248 e. The summed E-state index contributed by atoms with van der Waals surface area (Å²) in [5.74, 6) is 0.765. The van der Waals surface area contributed by atoms with Gasteiger partial charge in [0, 0.05) is 23.8 Å². The predicted molar refractivity (Wildman–Crippen MR) is 74.5 cm³/mol. The molecule has 0 bridgehead atoms. The van der Waals surface area contributed by atoms with Gasteiger partial charge >= 0.3 is 0 Å². The summed E-state index contributed by atoms with van der Waals surface area (Å²) >= 11 is 2.83. The number of rotatable bonds is 5. The molecule has 0 atom stereocenters. The van der Waals surface area contributed by atoms with Gasteiger partial charge in [0.15, 0.2) is 0 Å². The summed E-state index contributed by atoms with van der Waals surface area (Å²) in [5.41, 5.74) is 2.45. The first-order valence-electron chi connectivity index (χ1n) is 5.72. The van der Waals surface area contributed by atoms with Gasteiger partial charge in [-0.05, 0) is 11.4 Å². The van der Waals surface area contributed by atoms with E-state index in [1.807, 2.05) is 16.8 Å². The molecule has 0 unspecified atom stereocenters. The third-order valence-electron chi connectivity index (χ3n) is 2.41. The molecular formula is C11H9N5O2S2. The van der Waals surface area contributed by atoms with E-state index in [4.69, 9.17) is 4.42 Å². The second-order valence-electron chi connectivity index (χ2n) is 3.81. The maximum absolute atomic E-state index is 11.7. The van der Waals surface area contributed by atoms with Crippen LogP contribution in [0.15, 0.2) is 26.8 Å². The van der Waals surface area contributed by atoms with Crippen LogP contribution < -0.4 is 5.32 Å². The number of aromatic nitrogens is 4. The molecule has 20 heavy (non-hydrogen) atoms. The van der Waals surface area contributed by atoms with Crippen LogP contribution in [0.2, 0.25) is 0 Å². The molecule has 0 spiro atoms. The van der Waals surface area contributed by atoms with Gasteiger partial charge in [-0.3, -0.25) is 4.79 Å². The van der Waals surface area contributed by atoms with Crippen LogP contribution in [0.3, 0.4) is 0 Å². The molecule has 3 heterocycles. The van der Waals surface area contributed by atoms with Crippen molar-refractivity contribution in [2.75, 3.05) is 5.32 Å². The number of carbonyl (C=O) groups excluding carboxylic acids is 1. The number of hydrogen-bond acceptors (Lipinski definition) is 8. The van der Waals surface area contributed by atoms with Gasteiger partial charge in [-0.1, -0.05) is 11.3 Å². The summed E-state index contributed by atoms with van der Waals surface area (Å²) in [5, 5.41) is 22.2. The summed E-state index contributed by atoms with van der Waals surface area (Å²) in [6.07, 6.45) is 0.645. The molecule has 0 saturated heterocycles. The van der Waals surface area contributed by atoms with Crippen molar-refractivity contribution < 1.29 is 9.21 Å². The van der Waals surface area contributed by atoms with E-state index in [9.17, 15) is 4.79 Å². The Hall–Kier alpha value is -2.13. The lowest BCUT2D eigenvalue weighted by atomic mass is 10.3. The lowest BCUT2D eigenvalue weighted by Gasteiger charge is -1.98. The third kappa shape index (κ3) is 3.06. The molecule has 7 nitrogen and oxygen atoms in total. The van der Waals surface area contributed by atoms with Gasteiger partial charge in [-0.15, -0.1) is 20.4 Å². The van der Waals surface area contributed by atoms with E-state index < -0.39 is 0 Å². The zero-order valence-corrected chi connectivity index (χ0v) is 11.8. The number of aryl methyl sites for hydroxylation is 1. The van der Waals surface area contributed by atoms with Gasteiger partial charge in [-0.2, -0.15) is 11.3 Å². The zero-order valence-electron chi connectivity index (χ0n) is 10.1. The van der Waals surface area contributed by atoms with E-state index >= 15 is 0 Å². The van der Waals surface area contributed by atoms with Crippen molar-refractivity contribution in [2.45, 2.75) is 12.8 Å². The van der Waals surface area contributed by atoms with E-state index in [1.54, 1.807) is 16.8 Å². The molecule has 3 aromatic rings. The minimum absolute atomic E-state index is 0.156. The van der Waals surface area contributed by atoms with Gasteiger partial charge in [0.2, 0.25) is 22.8 Å². The molecule has 3 rings (SSSR count). The van der Waals surface area contributed by atoms with Gasteiger partial charge in [0.1, 0.15) is 5.51 Å². The summed E-state index contributed by atoms with van der Waals surface area (Å²) in [7, 11) is 0. The van der Waals surface area contributed by atoms with Crippen LogP contribution in [0.1, 0.15) is 12.3 Å². The monoisotopic (exact) mass is 307 g/mol. The molecule has 0 radical (unpaired) electrons. The molecule has 3 aromatic heterocycles. The Kier molecular flexibility index (Phi) is 3.79. The van der Waals surface area contributed by atoms with Crippen LogP contribution in [0, 0.1) is 0 Å². The molecule has 0 aromatic carbocycles. The SMILES string of the molecule is O=C(CCc1nnc(-c2ccsc2)o1)Nc1nncs1. The second kappa shape index (κ2) is 5.88. The lowest BCUT2D eigenvalue weighted by Crippen LogP contribution is -2.12. The zero-order chi connectivity index (χ0) is 13.8. The van der Waals surface area contributed by atoms with E-state index in [0.717, 1.165) is 5.56 Å². The van der Waals surface area contributed by atoms with Crippen LogP contribution in [0.5, 0.6) is 0 Å². The maximum atomic E-state index is 11.7. The normalized spacial score (nSPS) is 10.6. The average molecular weight is 307 g/mol. The molecular weight excluding hydrogens is 298 g/mol. The van der Waals surface area contributed by atoms with Crippen LogP contribution in [-0.2, 0) is 11.2 Å². The molecule has 1 amide bonds. The van der Waals surface area contributed by atoms with Gasteiger partial charge < -0.3 is 9.73 Å². The molecule has 0 aliphatic rings. The molecule has 0 aliphatic carbocycles. The highest BCUT2D eigenvalue weighted by molar-refractivity contribution is 7.13. The molecule has 102 valence electrons. The minimum Gasteiger partial charge on any atom is -0.421 e. The second-order valence-corrected chi connectivity index (χ2v) is 5.42. The number of hydrogen-bond donors (Lipinski definition) is 1. The van der Waals surface area contributed by atoms with Crippen LogP contribution in [-0.4, -0.2) is 26.3 Å². The first-order valence-corrected chi connectivity index (χ1v) is 7.54. The fraction of sp³-hybridized carbons (Fsp3) is 0.182. The quantitative estimate of drug-likeness (QED) is 0.776. The highest BCUT2D eigenvalue weighted by atomic mass is 32.1. The largest absolute Gasteiger partial charge is 0.421 e. The van der Waals surface area contributed by atoms with Crippen molar-refractivity contribution in [3.8, 4) is 11.5 Å². The highest BCUT2D eigenvalue weighted by Gasteiger charge is 2.11. The Morgan fingerprint density at radius 3 is 3.05 bits per heavy atom. The minimum atomic E-state index is -0.156. The number of nitrogens with one attached hydrogen (secondary N) is 1. The number of thiophene rings is 1. The van der Waals surface area contributed by atoms with Crippen molar-refractivity contribution in [1.29, 1.82) is 0 Å². The van der Waals surface area contributed by atoms with Gasteiger partial charge in [0.05, 0.1) is 0 Å². The average Bonchev–Trinajstić information content (AvgIpc) is 3.18. The Labute approximate surface area is 121 Å². The number of carbonyl (C=O) groups is 1. The molecule has 0 saturated carbocycles. The summed E-state index contributed by atoms with van der Waals surface area (Å²) < 4.78 is 5.49. The molecule has 0 aliphatic heterocycles. The van der Waals surface area contributed by atoms with Crippen molar-refractivity contribution in [1.82, 2.24) is 20.4 Å². The van der Waals surface area contributed by atoms with Crippen molar-refractivity contribution >= 4 is 33.7 Å². The standard InChI is InChI=1S/C11H9N5O2S2/c17-8(13-11-16-12-6-20-11)1-2-9-14-15-10(18-9)7-3-4-19-5-7/h3-6H,1-2H2,(H,13,16,17). The van der Waals surface area contributed by atoms with E-state index in [2.05, 4.69) is 25.7 Å².